The lowest BCUT2D eigenvalue weighted by molar-refractivity contribution is 0.318. The van der Waals surface area contributed by atoms with Gasteiger partial charge in [-0.25, -0.2) is 15.0 Å². The molecule has 0 fully saturated rings. The number of aromatic nitrogens is 4. The largest absolute Gasteiger partial charge is 0.409 e. The number of rotatable bonds is 2. The van der Waals surface area contributed by atoms with Crippen molar-refractivity contribution in [1.82, 2.24) is 19.5 Å². The predicted molar refractivity (Wildman–Crippen MR) is 56.4 cm³/mol. The first-order valence-electron chi connectivity index (χ1n) is 4.52. The van der Waals surface area contributed by atoms with Gasteiger partial charge < -0.3 is 10.9 Å². The maximum Gasteiger partial charge on any atom is 0.235 e. The fourth-order valence-electron chi connectivity index (χ4n) is 1.21. The summed E-state index contributed by atoms with van der Waals surface area (Å²) >= 11 is 0. The van der Waals surface area contributed by atoms with Crippen molar-refractivity contribution in [1.29, 1.82) is 0 Å². The monoisotopic (exact) mass is 218 g/mol. The Balaban J connectivity index is 2.49. The first kappa shape index (κ1) is 10.1. The van der Waals surface area contributed by atoms with Crippen molar-refractivity contribution in [2.75, 3.05) is 0 Å². The molecular formula is C9H10N6O. The number of amidine groups is 1. The highest BCUT2D eigenvalue weighted by molar-refractivity contribution is 5.94. The van der Waals surface area contributed by atoms with E-state index >= 15 is 0 Å². The zero-order valence-electron chi connectivity index (χ0n) is 8.57. The third-order valence-corrected chi connectivity index (χ3v) is 1.96. The van der Waals surface area contributed by atoms with Crippen molar-refractivity contribution in [3.63, 3.8) is 0 Å². The molecule has 0 radical (unpaired) electrons. The SMILES string of the molecule is Cc1cnc(-n2ccnc2C(N)=NO)nc1. The summed E-state index contributed by atoms with van der Waals surface area (Å²) < 4.78 is 1.54. The standard InChI is InChI=1S/C9H10N6O/c1-6-4-12-9(13-5-6)15-3-2-11-8(15)7(10)14-16/h2-5,16H,1H3,(H2,10,14). The van der Waals surface area contributed by atoms with E-state index in [1.807, 2.05) is 6.92 Å². The Kier molecular flexibility index (Phi) is 2.50. The molecule has 2 heterocycles. The number of nitrogens with two attached hydrogens (primary N) is 1. The van der Waals surface area contributed by atoms with E-state index in [4.69, 9.17) is 10.9 Å². The van der Waals surface area contributed by atoms with Crippen molar-refractivity contribution in [3.8, 4) is 5.95 Å². The predicted octanol–water partition coefficient (Wildman–Crippen LogP) is 0.0652. The van der Waals surface area contributed by atoms with Gasteiger partial charge in [-0.15, -0.1) is 0 Å². The van der Waals surface area contributed by atoms with Crippen molar-refractivity contribution in [3.05, 3.63) is 36.2 Å². The highest BCUT2D eigenvalue weighted by atomic mass is 16.4. The van der Waals surface area contributed by atoms with Crippen LogP contribution in [0.3, 0.4) is 0 Å². The second kappa shape index (κ2) is 3.97. The van der Waals surface area contributed by atoms with Gasteiger partial charge in [0.15, 0.2) is 5.82 Å². The normalized spacial score (nSPS) is 11.7. The molecule has 0 aliphatic carbocycles. The van der Waals surface area contributed by atoms with Gasteiger partial charge in [-0.1, -0.05) is 5.16 Å². The van der Waals surface area contributed by atoms with E-state index in [2.05, 4.69) is 20.1 Å². The van der Waals surface area contributed by atoms with Gasteiger partial charge in [-0.05, 0) is 12.5 Å². The lowest BCUT2D eigenvalue weighted by Gasteiger charge is -2.04. The lowest BCUT2D eigenvalue weighted by atomic mass is 10.4. The Morgan fingerprint density at radius 1 is 1.38 bits per heavy atom. The molecule has 0 saturated heterocycles. The summed E-state index contributed by atoms with van der Waals surface area (Å²) in [5, 5.41) is 11.5. The van der Waals surface area contributed by atoms with Crippen molar-refractivity contribution in [2.24, 2.45) is 10.9 Å². The average Bonchev–Trinajstić information content (AvgIpc) is 2.78. The zero-order chi connectivity index (χ0) is 11.5. The quantitative estimate of drug-likeness (QED) is 0.321. The molecule has 0 unspecified atom stereocenters. The van der Waals surface area contributed by atoms with Gasteiger partial charge in [-0.3, -0.25) is 4.57 Å². The first-order valence-corrected chi connectivity index (χ1v) is 4.52. The number of nitrogens with zero attached hydrogens (tertiary/aromatic N) is 5. The van der Waals surface area contributed by atoms with Crippen molar-refractivity contribution in [2.45, 2.75) is 6.92 Å². The summed E-state index contributed by atoms with van der Waals surface area (Å²) in [5.74, 6) is 0.630. The summed E-state index contributed by atoms with van der Waals surface area (Å²) in [6.07, 6.45) is 6.52. The maximum atomic E-state index is 8.59. The van der Waals surface area contributed by atoms with Crippen molar-refractivity contribution < 1.29 is 5.21 Å². The van der Waals surface area contributed by atoms with Crippen LogP contribution in [0, 0.1) is 6.92 Å². The molecule has 0 saturated carbocycles. The summed E-state index contributed by atoms with van der Waals surface area (Å²) in [6.45, 7) is 1.89. The highest BCUT2D eigenvalue weighted by Crippen LogP contribution is 2.05. The molecule has 7 heteroatoms. The smallest absolute Gasteiger partial charge is 0.235 e. The van der Waals surface area contributed by atoms with Crippen LogP contribution < -0.4 is 5.73 Å². The molecule has 0 spiro atoms. The van der Waals surface area contributed by atoms with E-state index in [1.165, 1.54) is 10.8 Å². The van der Waals surface area contributed by atoms with Crippen LogP contribution in [0.4, 0.5) is 0 Å². The minimum absolute atomic E-state index is 0.0887. The van der Waals surface area contributed by atoms with E-state index in [1.54, 1.807) is 18.6 Å². The summed E-state index contributed by atoms with van der Waals surface area (Å²) in [6, 6.07) is 0. The molecule has 2 aromatic heterocycles. The second-order valence-electron chi connectivity index (χ2n) is 3.17. The molecule has 0 aliphatic heterocycles. The zero-order valence-corrected chi connectivity index (χ0v) is 8.57. The lowest BCUT2D eigenvalue weighted by Crippen LogP contribution is -2.19. The van der Waals surface area contributed by atoms with E-state index in [9.17, 15) is 0 Å². The highest BCUT2D eigenvalue weighted by Gasteiger charge is 2.10. The first-order chi connectivity index (χ1) is 7.72. The third-order valence-electron chi connectivity index (χ3n) is 1.96. The van der Waals surface area contributed by atoms with Crippen LogP contribution >= 0.6 is 0 Å². The van der Waals surface area contributed by atoms with Crippen LogP contribution in [-0.4, -0.2) is 30.6 Å². The summed E-state index contributed by atoms with van der Waals surface area (Å²) in [4.78, 5) is 12.2. The van der Waals surface area contributed by atoms with E-state index < -0.39 is 0 Å². The molecule has 0 atom stereocenters. The molecule has 82 valence electrons. The molecule has 2 aromatic rings. The molecule has 0 amide bonds. The third kappa shape index (κ3) is 1.70. The van der Waals surface area contributed by atoms with Crippen LogP contribution in [-0.2, 0) is 0 Å². The number of imidazole rings is 1. The summed E-state index contributed by atoms with van der Waals surface area (Å²) in [5.41, 5.74) is 6.42. The number of aryl methyl sites for hydroxylation is 1. The van der Waals surface area contributed by atoms with Gasteiger partial charge >= 0.3 is 0 Å². The molecule has 16 heavy (non-hydrogen) atoms. The Morgan fingerprint density at radius 3 is 2.69 bits per heavy atom. The van der Waals surface area contributed by atoms with Crippen LogP contribution in [0.1, 0.15) is 11.4 Å². The minimum Gasteiger partial charge on any atom is -0.409 e. The van der Waals surface area contributed by atoms with Gasteiger partial charge in [0.1, 0.15) is 0 Å². The van der Waals surface area contributed by atoms with Gasteiger partial charge in [-0.2, -0.15) is 0 Å². The van der Waals surface area contributed by atoms with Gasteiger partial charge in [0, 0.05) is 24.8 Å². The Bertz CT molecular complexity index is 515. The molecule has 0 bridgehead atoms. The van der Waals surface area contributed by atoms with Gasteiger partial charge in [0.25, 0.3) is 0 Å². The number of hydrogen-bond donors (Lipinski definition) is 2. The second-order valence-corrected chi connectivity index (χ2v) is 3.17. The minimum atomic E-state index is -0.0887. The maximum absolute atomic E-state index is 8.59. The van der Waals surface area contributed by atoms with Crippen molar-refractivity contribution >= 4 is 5.84 Å². The van der Waals surface area contributed by atoms with Crippen LogP contribution in [0.5, 0.6) is 0 Å². The molecule has 7 nitrogen and oxygen atoms in total. The van der Waals surface area contributed by atoms with Crippen LogP contribution in [0.25, 0.3) is 5.95 Å². The molecule has 0 aliphatic rings. The topological polar surface area (TPSA) is 102 Å². The fourth-order valence-corrected chi connectivity index (χ4v) is 1.21. The van der Waals surface area contributed by atoms with Crippen LogP contribution in [0.15, 0.2) is 29.9 Å². The Morgan fingerprint density at radius 2 is 2.06 bits per heavy atom. The Labute approximate surface area is 91.3 Å². The summed E-state index contributed by atoms with van der Waals surface area (Å²) in [7, 11) is 0. The van der Waals surface area contributed by atoms with E-state index in [-0.39, 0.29) is 5.84 Å². The van der Waals surface area contributed by atoms with Crippen LogP contribution in [0.2, 0.25) is 0 Å². The van der Waals surface area contributed by atoms with E-state index in [0.717, 1.165) is 5.56 Å². The molecule has 3 N–H and O–H groups in total. The molecular weight excluding hydrogens is 208 g/mol. The average molecular weight is 218 g/mol. The number of oxime groups is 1. The van der Waals surface area contributed by atoms with E-state index in [0.29, 0.717) is 11.8 Å². The number of hydrogen-bond acceptors (Lipinski definition) is 5. The Hall–Kier alpha value is -2.44. The molecule has 2 rings (SSSR count). The van der Waals surface area contributed by atoms with Gasteiger partial charge in [0.05, 0.1) is 0 Å². The fraction of sp³-hybridized carbons (Fsp3) is 0.111. The van der Waals surface area contributed by atoms with Gasteiger partial charge in [0.2, 0.25) is 11.8 Å². The molecule has 0 aromatic carbocycles.